The van der Waals surface area contributed by atoms with E-state index in [2.05, 4.69) is 0 Å². The first-order chi connectivity index (χ1) is 7.40. The SMILES string of the molecule is Cc1cc(C(CN)C(=O)O)c(C)c(O)c1F. The van der Waals surface area contributed by atoms with Crippen LogP contribution >= 0.6 is 0 Å². The molecule has 0 saturated heterocycles. The molecule has 0 radical (unpaired) electrons. The van der Waals surface area contributed by atoms with Crippen LogP contribution in [0, 0.1) is 19.7 Å². The zero-order valence-electron chi connectivity index (χ0n) is 9.12. The number of benzene rings is 1. The van der Waals surface area contributed by atoms with Crippen LogP contribution in [0.5, 0.6) is 5.75 Å². The minimum atomic E-state index is -1.09. The number of phenols is 1. The maximum atomic E-state index is 13.3. The van der Waals surface area contributed by atoms with Gasteiger partial charge in [-0.15, -0.1) is 0 Å². The Bertz CT molecular complexity index is 432. The van der Waals surface area contributed by atoms with Crippen molar-refractivity contribution in [1.29, 1.82) is 0 Å². The summed E-state index contributed by atoms with van der Waals surface area (Å²) in [5.74, 6) is -3.24. The third-order valence-corrected chi connectivity index (χ3v) is 2.62. The van der Waals surface area contributed by atoms with E-state index in [9.17, 15) is 14.3 Å². The highest BCUT2D eigenvalue weighted by atomic mass is 19.1. The molecule has 0 aromatic heterocycles. The number of carboxylic acids is 1. The molecule has 4 N–H and O–H groups in total. The maximum Gasteiger partial charge on any atom is 0.312 e. The molecule has 4 nitrogen and oxygen atoms in total. The molecule has 1 unspecified atom stereocenters. The Balaban J connectivity index is 3.39. The molecule has 0 aliphatic carbocycles. The summed E-state index contributed by atoms with van der Waals surface area (Å²) in [5, 5.41) is 18.4. The Labute approximate surface area is 92.5 Å². The van der Waals surface area contributed by atoms with E-state index in [4.69, 9.17) is 10.8 Å². The van der Waals surface area contributed by atoms with Gasteiger partial charge in [0.15, 0.2) is 11.6 Å². The fourth-order valence-electron chi connectivity index (χ4n) is 1.62. The Kier molecular flexibility index (Phi) is 3.49. The highest BCUT2D eigenvalue weighted by molar-refractivity contribution is 5.77. The second kappa shape index (κ2) is 4.49. The van der Waals surface area contributed by atoms with Crippen LogP contribution in [0.25, 0.3) is 0 Å². The number of carbonyl (C=O) groups is 1. The largest absolute Gasteiger partial charge is 0.505 e. The van der Waals surface area contributed by atoms with Gasteiger partial charge in [-0.3, -0.25) is 4.79 Å². The lowest BCUT2D eigenvalue weighted by Crippen LogP contribution is -2.22. The molecule has 5 heteroatoms. The van der Waals surface area contributed by atoms with Gasteiger partial charge in [0.25, 0.3) is 0 Å². The van der Waals surface area contributed by atoms with Gasteiger partial charge in [0, 0.05) is 6.54 Å². The van der Waals surface area contributed by atoms with Gasteiger partial charge in [0.1, 0.15) is 0 Å². The summed E-state index contributed by atoms with van der Waals surface area (Å²) in [6, 6.07) is 1.41. The molecule has 0 heterocycles. The number of halogens is 1. The Morgan fingerprint density at radius 3 is 2.56 bits per heavy atom. The number of hydrogen-bond donors (Lipinski definition) is 3. The molecule has 0 bridgehead atoms. The van der Waals surface area contributed by atoms with E-state index >= 15 is 0 Å². The van der Waals surface area contributed by atoms with Crippen molar-refractivity contribution in [1.82, 2.24) is 0 Å². The molecule has 1 aromatic carbocycles. The van der Waals surface area contributed by atoms with Gasteiger partial charge in [0.05, 0.1) is 5.92 Å². The van der Waals surface area contributed by atoms with E-state index in [0.29, 0.717) is 5.56 Å². The molecule has 0 spiro atoms. The average molecular weight is 227 g/mol. The molecule has 0 aliphatic rings. The normalized spacial score (nSPS) is 12.5. The third-order valence-electron chi connectivity index (χ3n) is 2.62. The second-order valence-electron chi connectivity index (χ2n) is 3.70. The lowest BCUT2D eigenvalue weighted by Gasteiger charge is -2.16. The summed E-state index contributed by atoms with van der Waals surface area (Å²) >= 11 is 0. The lowest BCUT2D eigenvalue weighted by atomic mass is 9.92. The summed E-state index contributed by atoms with van der Waals surface area (Å²) < 4.78 is 13.3. The summed E-state index contributed by atoms with van der Waals surface area (Å²) in [4.78, 5) is 10.9. The Morgan fingerprint density at radius 1 is 1.56 bits per heavy atom. The van der Waals surface area contributed by atoms with Gasteiger partial charge < -0.3 is 15.9 Å². The summed E-state index contributed by atoms with van der Waals surface area (Å²) in [6.45, 7) is 2.84. The fraction of sp³-hybridized carbons (Fsp3) is 0.364. The van der Waals surface area contributed by atoms with Gasteiger partial charge in [-0.2, -0.15) is 0 Å². The zero-order valence-corrected chi connectivity index (χ0v) is 9.12. The first-order valence-electron chi connectivity index (χ1n) is 4.81. The Morgan fingerprint density at radius 2 is 2.12 bits per heavy atom. The van der Waals surface area contributed by atoms with Gasteiger partial charge >= 0.3 is 5.97 Å². The summed E-state index contributed by atoms with van der Waals surface area (Å²) in [7, 11) is 0. The van der Waals surface area contributed by atoms with E-state index in [1.807, 2.05) is 0 Å². The van der Waals surface area contributed by atoms with Crippen LogP contribution in [0.4, 0.5) is 4.39 Å². The van der Waals surface area contributed by atoms with E-state index in [1.54, 1.807) is 0 Å². The topological polar surface area (TPSA) is 83.6 Å². The molecular formula is C11H14FNO3. The van der Waals surface area contributed by atoms with E-state index in [-0.39, 0.29) is 17.7 Å². The maximum absolute atomic E-state index is 13.3. The monoisotopic (exact) mass is 227 g/mol. The van der Waals surface area contributed by atoms with Crippen LogP contribution in [-0.2, 0) is 4.79 Å². The molecule has 88 valence electrons. The van der Waals surface area contributed by atoms with E-state index in [0.717, 1.165) is 0 Å². The summed E-state index contributed by atoms with van der Waals surface area (Å²) in [5.41, 5.74) is 6.14. The van der Waals surface area contributed by atoms with Gasteiger partial charge in [0.2, 0.25) is 0 Å². The number of hydrogen-bond acceptors (Lipinski definition) is 3. The molecule has 1 rings (SSSR count). The minimum absolute atomic E-state index is 0.0965. The highest BCUT2D eigenvalue weighted by Gasteiger charge is 2.23. The summed E-state index contributed by atoms with van der Waals surface area (Å²) in [6.07, 6.45) is 0. The average Bonchev–Trinajstić information content (AvgIpc) is 2.23. The second-order valence-corrected chi connectivity index (χ2v) is 3.70. The van der Waals surface area contributed by atoms with Crippen molar-refractivity contribution < 1.29 is 19.4 Å². The van der Waals surface area contributed by atoms with Crippen molar-refractivity contribution in [2.75, 3.05) is 6.54 Å². The molecule has 0 fully saturated rings. The predicted molar refractivity (Wildman–Crippen MR) is 57.0 cm³/mol. The lowest BCUT2D eigenvalue weighted by molar-refractivity contribution is -0.138. The van der Waals surface area contributed by atoms with Crippen molar-refractivity contribution >= 4 is 5.97 Å². The highest BCUT2D eigenvalue weighted by Crippen LogP contribution is 2.31. The molecule has 0 amide bonds. The molecule has 1 aromatic rings. The number of aliphatic carboxylic acids is 1. The quantitative estimate of drug-likeness (QED) is 0.726. The number of aromatic hydroxyl groups is 1. The van der Waals surface area contributed by atoms with E-state index < -0.39 is 23.5 Å². The first-order valence-corrected chi connectivity index (χ1v) is 4.81. The number of aryl methyl sites for hydroxylation is 1. The first kappa shape index (κ1) is 12.4. The zero-order chi connectivity index (χ0) is 12.5. The standard InChI is InChI=1S/C11H14FNO3/c1-5-3-7(8(4-13)11(15)16)6(2)10(14)9(5)12/h3,8,14H,4,13H2,1-2H3,(H,15,16). The van der Waals surface area contributed by atoms with Crippen molar-refractivity contribution in [2.24, 2.45) is 5.73 Å². The van der Waals surface area contributed by atoms with Gasteiger partial charge in [-0.25, -0.2) is 4.39 Å². The van der Waals surface area contributed by atoms with Crippen LogP contribution < -0.4 is 5.73 Å². The van der Waals surface area contributed by atoms with Crippen LogP contribution in [0.2, 0.25) is 0 Å². The molecule has 0 saturated carbocycles. The van der Waals surface area contributed by atoms with Crippen LogP contribution in [0.3, 0.4) is 0 Å². The molecular weight excluding hydrogens is 213 g/mol. The van der Waals surface area contributed by atoms with Crippen molar-refractivity contribution in [3.05, 3.63) is 28.6 Å². The minimum Gasteiger partial charge on any atom is -0.505 e. The number of phenolic OH excluding ortho intramolecular Hbond substituents is 1. The van der Waals surface area contributed by atoms with Crippen molar-refractivity contribution in [3.8, 4) is 5.75 Å². The number of rotatable bonds is 3. The number of nitrogens with two attached hydrogens (primary N) is 1. The fourth-order valence-corrected chi connectivity index (χ4v) is 1.62. The Hall–Kier alpha value is -1.62. The van der Waals surface area contributed by atoms with Crippen LogP contribution in [-0.4, -0.2) is 22.7 Å². The number of carboxylic acid groups (broad SMARTS) is 1. The third kappa shape index (κ3) is 1.99. The van der Waals surface area contributed by atoms with Crippen LogP contribution in [0.15, 0.2) is 6.07 Å². The van der Waals surface area contributed by atoms with E-state index in [1.165, 1.54) is 19.9 Å². The van der Waals surface area contributed by atoms with Crippen molar-refractivity contribution in [3.63, 3.8) is 0 Å². The van der Waals surface area contributed by atoms with Gasteiger partial charge in [-0.1, -0.05) is 6.07 Å². The smallest absolute Gasteiger partial charge is 0.312 e. The predicted octanol–water partition coefficient (Wildman–Crippen LogP) is 1.28. The molecule has 0 aliphatic heterocycles. The van der Waals surface area contributed by atoms with Crippen molar-refractivity contribution in [2.45, 2.75) is 19.8 Å². The van der Waals surface area contributed by atoms with Gasteiger partial charge in [-0.05, 0) is 30.5 Å². The molecule has 16 heavy (non-hydrogen) atoms. The molecule has 1 atom stereocenters. The van der Waals surface area contributed by atoms with Crippen LogP contribution in [0.1, 0.15) is 22.6 Å².